The van der Waals surface area contributed by atoms with Crippen molar-refractivity contribution in [3.05, 3.63) is 59.6 Å². The van der Waals surface area contributed by atoms with Gasteiger partial charge in [-0.1, -0.05) is 26.0 Å². The summed E-state index contributed by atoms with van der Waals surface area (Å²) in [6, 6.07) is 11.4. The maximum absolute atomic E-state index is 6.99. The molecule has 0 aliphatic heterocycles. The second-order valence-corrected chi connectivity index (χ2v) is 5.21. The lowest BCUT2D eigenvalue weighted by Gasteiger charge is -2.10. The summed E-state index contributed by atoms with van der Waals surface area (Å²) in [5, 5.41) is 3.21. The van der Waals surface area contributed by atoms with Crippen molar-refractivity contribution in [1.29, 1.82) is 0 Å². The van der Waals surface area contributed by atoms with Crippen molar-refractivity contribution in [3.63, 3.8) is 0 Å². The number of ether oxygens (including phenoxy) is 1. The quantitative estimate of drug-likeness (QED) is 0.803. The molecule has 0 fully saturated rings. The fourth-order valence-corrected chi connectivity index (χ4v) is 1.74. The lowest BCUT2D eigenvalue weighted by molar-refractivity contribution is 0.271. The van der Waals surface area contributed by atoms with Gasteiger partial charge in [-0.15, -0.1) is 0 Å². The molecular weight excluding hydrogens is 262 g/mol. The highest BCUT2D eigenvalue weighted by Crippen LogP contribution is 2.17. The van der Waals surface area contributed by atoms with Gasteiger partial charge < -0.3 is 10.1 Å². The first kappa shape index (κ1) is 14.9. The summed E-state index contributed by atoms with van der Waals surface area (Å²) in [5.41, 5.74) is 1.73. The van der Waals surface area contributed by atoms with Gasteiger partial charge >= 0.3 is 0 Å². The van der Waals surface area contributed by atoms with Gasteiger partial charge in [0.25, 0.3) is 0 Å². The predicted octanol–water partition coefficient (Wildman–Crippen LogP) is 4.28. The van der Waals surface area contributed by atoms with E-state index in [1.165, 1.54) is 0 Å². The second kappa shape index (κ2) is 7.30. The van der Waals surface area contributed by atoms with Crippen LogP contribution in [0.3, 0.4) is 0 Å². The normalized spacial score (nSPS) is 10.2. The Morgan fingerprint density at radius 2 is 2.00 bits per heavy atom. The molecule has 1 aromatic heterocycles. The lowest BCUT2D eigenvalue weighted by atomic mass is 10.2. The molecule has 0 saturated carbocycles. The molecule has 0 saturated heterocycles. The molecule has 2 rings (SSSR count). The number of anilines is 1. The maximum Gasteiger partial charge on any atom is 0.192 e. The summed E-state index contributed by atoms with van der Waals surface area (Å²) in [6.45, 7) is 12.6. The first-order valence-electron chi connectivity index (χ1n) is 6.96. The molecule has 4 heteroatoms. The van der Waals surface area contributed by atoms with Gasteiger partial charge in [-0.25, -0.2) is 9.83 Å². The summed E-state index contributed by atoms with van der Waals surface area (Å²) in [5.74, 6) is 2.12. The number of nitrogens with zero attached hydrogens (tertiary/aromatic N) is 2. The van der Waals surface area contributed by atoms with Gasteiger partial charge in [0.05, 0.1) is 13.2 Å². The topological polar surface area (TPSA) is 38.5 Å². The molecule has 0 aliphatic carbocycles. The summed E-state index contributed by atoms with van der Waals surface area (Å²) in [7, 11) is 0. The lowest BCUT2D eigenvalue weighted by Crippen LogP contribution is -2.05. The Labute approximate surface area is 125 Å². The molecule has 1 aromatic carbocycles. The van der Waals surface area contributed by atoms with E-state index < -0.39 is 0 Å². The van der Waals surface area contributed by atoms with Crippen molar-refractivity contribution in [2.75, 3.05) is 11.9 Å². The molecule has 0 amide bonds. The van der Waals surface area contributed by atoms with Crippen LogP contribution in [-0.2, 0) is 6.54 Å². The highest BCUT2D eigenvalue weighted by atomic mass is 16.5. The standard InChI is InChI=1S/C17H19N3O/c1-13(2)12-21-16-6-4-14(5-7-16)11-20-17-10-15(18-3)8-9-19-17/h4-10,13H,11-12H2,1-2H3,(H,19,20). The Bertz CT molecular complexity index is 615. The van der Waals surface area contributed by atoms with E-state index in [9.17, 15) is 0 Å². The first-order chi connectivity index (χ1) is 10.2. The van der Waals surface area contributed by atoms with Crippen LogP contribution in [0.2, 0.25) is 0 Å². The molecule has 4 nitrogen and oxygen atoms in total. The van der Waals surface area contributed by atoms with E-state index in [0.29, 0.717) is 24.0 Å². The predicted molar refractivity (Wildman–Crippen MR) is 84.6 cm³/mol. The molecule has 1 N–H and O–H groups in total. The van der Waals surface area contributed by atoms with E-state index >= 15 is 0 Å². The van der Waals surface area contributed by atoms with E-state index in [0.717, 1.165) is 17.9 Å². The average molecular weight is 281 g/mol. The van der Waals surface area contributed by atoms with E-state index in [4.69, 9.17) is 11.3 Å². The molecule has 0 aliphatic rings. The molecule has 0 unspecified atom stereocenters. The number of rotatable bonds is 6. The molecule has 2 aromatic rings. The van der Waals surface area contributed by atoms with Crippen LogP contribution in [0, 0.1) is 12.5 Å². The van der Waals surface area contributed by atoms with Crippen LogP contribution in [0.15, 0.2) is 42.6 Å². The van der Waals surface area contributed by atoms with Gasteiger partial charge in [0.15, 0.2) is 5.69 Å². The zero-order chi connectivity index (χ0) is 15.1. The van der Waals surface area contributed by atoms with Gasteiger partial charge in [-0.2, -0.15) is 0 Å². The van der Waals surface area contributed by atoms with Gasteiger partial charge in [-0.05, 0) is 35.7 Å². The van der Waals surface area contributed by atoms with Crippen LogP contribution < -0.4 is 10.1 Å². The Morgan fingerprint density at radius 1 is 1.24 bits per heavy atom. The molecule has 0 radical (unpaired) electrons. The minimum Gasteiger partial charge on any atom is -0.493 e. The van der Waals surface area contributed by atoms with Gasteiger partial charge in [0.2, 0.25) is 0 Å². The number of nitrogens with one attached hydrogen (secondary N) is 1. The maximum atomic E-state index is 6.99. The van der Waals surface area contributed by atoms with Crippen molar-refractivity contribution < 1.29 is 4.74 Å². The van der Waals surface area contributed by atoms with Crippen molar-refractivity contribution in [2.24, 2.45) is 5.92 Å². The highest BCUT2D eigenvalue weighted by Gasteiger charge is 2.00. The fraction of sp³-hybridized carbons (Fsp3) is 0.294. The molecular formula is C17H19N3O. The summed E-state index contributed by atoms with van der Waals surface area (Å²) >= 11 is 0. The number of aromatic nitrogens is 1. The minimum absolute atomic E-state index is 0.521. The number of hydrogen-bond donors (Lipinski definition) is 1. The summed E-state index contributed by atoms with van der Waals surface area (Å²) in [4.78, 5) is 7.58. The van der Waals surface area contributed by atoms with E-state index in [-0.39, 0.29) is 0 Å². The third-order valence-electron chi connectivity index (χ3n) is 2.85. The van der Waals surface area contributed by atoms with E-state index in [2.05, 4.69) is 29.0 Å². The molecule has 0 spiro atoms. The van der Waals surface area contributed by atoms with Gasteiger partial charge in [-0.3, -0.25) is 0 Å². The number of hydrogen-bond acceptors (Lipinski definition) is 3. The minimum atomic E-state index is 0.521. The molecule has 21 heavy (non-hydrogen) atoms. The highest BCUT2D eigenvalue weighted by molar-refractivity contribution is 5.52. The van der Waals surface area contributed by atoms with Crippen LogP contribution in [0.1, 0.15) is 19.4 Å². The van der Waals surface area contributed by atoms with Crippen molar-refractivity contribution in [1.82, 2.24) is 4.98 Å². The van der Waals surface area contributed by atoms with Crippen LogP contribution in [0.5, 0.6) is 5.75 Å². The monoisotopic (exact) mass is 281 g/mol. The van der Waals surface area contributed by atoms with E-state index in [1.807, 2.05) is 24.3 Å². The Balaban J connectivity index is 1.90. The third kappa shape index (κ3) is 4.81. The molecule has 0 bridgehead atoms. The van der Waals surface area contributed by atoms with Crippen molar-refractivity contribution in [2.45, 2.75) is 20.4 Å². The first-order valence-corrected chi connectivity index (χ1v) is 6.96. The number of pyridine rings is 1. The zero-order valence-corrected chi connectivity index (χ0v) is 12.3. The largest absolute Gasteiger partial charge is 0.493 e. The Morgan fingerprint density at radius 3 is 2.67 bits per heavy atom. The second-order valence-electron chi connectivity index (χ2n) is 5.21. The van der Waals surface area contributed by atoms with Gasteiger partial charge in [0.1, 0.15) is 11.6 Å². The summed E-state index contributed by atoms with van der Waals surface area (Å²) in [6.07, 6.45) is 1.64. The van der Waals surface area contributed by atoms with Crippen molar-refractivity contribution >= 4 is 11.5 Å². The van der Waals surface area contributed by atoms with Crippen LogP contribution in [0.25, 0.3) is 4.85 Å². The molecule has 1 heterocycles. The third-order valence-corrected chi connectivity index (χ3v) is 2.85. The van der Waals surface area contributed by atoms with Crippen LogP contribution in [-0.4, -0.2) is 11.6 Å². The number of benzene rings is 1. The molecule has 108 valence electrons. The average Bonchev–Trinajstić information content (AvgIpc) is 2.52. The smallest absolute Gasteiger partial charge is 0.192 e. The zero-order valence-electron chi connectivity index (χ0n) is 12.3. The Kier molecular flexibility index (Phi) is 5.16. The van der Waals surface area contributed by atoms with Gasteiger partial charge in [0, 0.05) is 12.7 Å². The molecule has 0 atom stereocenters. The fourth-order valence-electron chi connectivity index (χ4n) is 1.74. The SMILES string of the molecule is [C-]#[N+]c1ccnc(NCc2ccc(OCC(C)C)cc2)c1. The Hall–Kier alpha value is -2.54. The van der Waals surface area contributed by atoms with E-state index in [1.54, 1.807) is 18.3 Å². The summed E-state index contributed by atoms with van der Waals surface area (Å²) < 4.78 is 5.65. The van der Waals surface area contributed by atoms with Crippen LogP contribution >= 0.6 is 0 Å². The van der Waals surface area contributed by atoms with Crippen molar-refractivity contribution in [3.8, 4) is 5.75 Å². The van der Waals surface area contributed by atoms with Crippen LogP contribution in [0.4, 0.5) is 11.5 Å².